The van der Waals surface area contributed by atoms with Gasteiger partial charge in [0.2, 0.25) is 23.1 Å². The number of methoxy groups -OCH3 is 5. The van der Waals surface area contributed by atoms with Crippen LogP contribution >= 0.6 is 46.4 Å². The van der Waals surface area contributed by atoms with Gasteiger partial charge >= 0.3 is 12.2 Å². The maximum Gasteiger partial charge on any atom is 0.405 e. The summed E-state index contributed by atoms with van der Waals surface area (Å²) >= 11 is 23.4. The lowest BCUT2D eigenvalue weighted by Crippen LogP contribution is -2.37. The van der Waals surface area contributed by atoms with Crippen molar-refractivity contribution < 1.29 is 86.5 Å². The minimum absolute atomic E-state index is 0.0801. The van der Waals surface area contributed by atoms with Crippen molar-refractivity contribution in [2.45, 2.75) is 156 Å². The Morgan fingerprint density at radius 3 is 1.31 bits per heavy atom. The van der Waals surface area contributed by atoms with Crippen LogP contribution in [0.1, 0.15) is 105 Å². The zero-order valence-corrected chi connectivity index (χ0v) is 70.1. The maximum atomic E-state index is 14.0. The summed E-state index contributed by atoms with van der Waals surface area (Å²) in [5.41, 5.74) is 22.2. The average molecular weight is 1660 g/mol. The van der Waals surface area contributed by atoms with E-state index in [0.29, 0.717) is 67.1 Å². The molecule has 0 unspecified atom stereocenters. The highest BCUT2D eigenvalue weighted by Crippen LogP contribution is 2.33. The molecule has 113 heavy (non-hydrogen) atoms. The van der Waals surface area contributed by atoms with Gasteiger partial charge in [0.05, 0.1) is 48.6 Å². The van der Waals surface area contributed by atoms with Crippen LogP contribution in [0.25, 0.3) is 0 Å². The van der Waals surface area contributed by atoms with Crippen LogP contribution in [0.4, 0.5) is 21.0 Å². The number of benzene rings is 2. The SMILES string of the molecule is C1CCOC1.COC1=C2C[C@@H](C)C[C@H](OC)[C@H](O)[C@@H](C)/C=C(\C)[C@H](OC(N)=O)[C@@H](OC)/C=C\C=C(/C)C(=O)NC(=CC1=O)C2=O.CO[C@H]1/C=C\C=C(/C)C(=O)NC2=CC(=O)C(NCc3ccc(N(CCCl)CCCl)cc3)=C(C[C@@H](C)C[C@H](OC)[C@H](O)[C@@H](C)/C=C(\C)[C@@H]1OC(N)=O)C2=O.NCc1ccc(N(CCCl)CCCl)cc1. The van der Waals surface area contributed by atoms with Gasteiger partial charge in [0.25, 0.3) is 11.8 Å². The normalized spacial score (nSPS) is 26.9. The molecule has 5 aliphatic rings. The number of aliphatic hydroxyl groups is 2. The highest BCUT2D eigenvalue weighted by molar-refractivity contribution is 6.24. The monoisotopic (exact) mass is 1650 g/mol. The molecular weight excluding hydrogens is 1540 g/mol. The second-order valence-corrected chi connectivity index (χ2v) is 29.5. The number of ketones is 4. The number of hydrogen-bond acceptors (Lipinski definition) is 22. The number of rotatable bonds is 21. The summed E-state index contributed by atoms with van der Waals surface area (Å²) in [5, 5.41) is 30.9. The molecule has 2 aromatic rings. The molecule has 2 aliphatic carbocycles. The Bertz CT molecular complexity index is 3790. The number of hydrogen-bond donors (Lipinski definition) is 8. The Morgan fingerprint density at radius 2 is 0.956 bits per heavy atom. The Kier molecular flexibility index (Phi) is 44.0. The zero-order valence-electron chi connectivity index (χ0n) is 67.1. The molecule has 4 amide bonds. The van der Waals surface area contributed by atoms with Crippen LogP contribution in [-0.2, 0) is 79.8 Å². The van der Waals surface area contributed by atoms with Gasteiger partial charge in [-0.15, -0.1) is 46.4 Å². The van der Waals surface area contributed by atoms with Crippen molar-refractivity contribution in [3.63, 3.8) is 0 Å². The molecule has 7 rings (SSSR count). The van der Waals surface area contributed by atoms with E-state index in [-0.39, 0.29) is 76.4 Å². The van der Waals surface area contributed by atoms with E-state index in [0.717, 1.165) is 61.0 Å². The van der Waals surface area contributed by atoms with Crippen molar-refractivity contribution in [3.05, 3.63) is 177 Å². The van der Waals surface area contributed by atoms with Crippen LogP contribution in [-0.4, -0.2) is 205 Å². The third-order valence-corrected chi connectivity index (χ3v) is 20.0. The molecule has 26 nitrogen and oxygen atoms in total. The van der Waals surface area contributed by atoms with Crippen molar-refractivity contribution in [1.82, 2.24) is 16.0 Å². The van der Waals surface area contributed by atoms with Crippen LogP contribution in [0.3, 0.4) is 0 Å². The highest BCUT2D eigenvalue weighted by atomic mass is 35.5. The van der Waals surface area contributed by atoms with E-state index in [1.807, 2.05) is 50.2 Å². The minimum atomic E-state index is -1.01. The molecule has 0 radical (unpaired) electrons. The standard InChI is InChI=1S/C39H52Cl2N4O8.C29H40N2O9.C11H16Cl2N2.C4H8O/c1-23-18-29-34(43-22-27-10-12-28(13-11-27)45(16-14-40)17-15-41)31(46)21-30(36(29)48)44-38(49)24(2)8-7-9-32(51-5)37(53-39(42)50)26(4)20-25(3)35(47)33(19-23)52-6;1-15-11-19-25(34)20(14-21(32)27(19)39-7)31-28(35)16(2)9-8-10-22(37-5)26(40-29(30)36)18(4)13-17(3)24(33)23(12-15)38-6;12-5-7-15(8-6-13)11-3-1-10(9-14)2-4-11;1-2-4-5-3-1/h7-13,20-21,23,25,32-33,35,37,43,47H,14-19,22H2,1-6H3,(H2,42,50)(H,44,49);8-10,13-15,17,22-24,26,33H,11-12H2,1-7H3,(H2,30,36)(H,31,35);1-4H,5-9,14H2;1-4H2/b9-7-,24-8+,26-20+;10-8-,16-9+,18-13+;;/t23-,25+,32+,33+,35-,37+;15-,17+,22+,23+,24-,26+;;/m11../s1. The zero-order chi connectivity index (χ0) is 84.0. The van der Waals surface area contributed by atoms with E-state index in [4.69, 9.17) is 101 Å². The molecule has 0 aromatic heterocycles. The first-order chi connectivity index (χ1) is 53.9. The van der Waals surface area contributed by atoms with Crippen LogP contribution in [0.5, 0.6) is 0 Å². The Morgan fingerprint density at radius 1 is 0.566 bits per heavy atom. The lowest BCUT2D eigenvalue weighted by Gasteiger charge is -2.30. The number of allylic oxidation sites excluding steroid dienone is 8. The fraction of sp³-hybridized carbons (Fsp3) is 0.518. The van der Waals surface area contributed by atoms with Crippen LogP contribution in [0.2, 0.25) is 0 Å². The lowest BCUT2D eigenvalue weighted by atomic mass is 9.85. The number of nitrogens with two attached hydrogens (primary N) is 3. The fourth-order valence-corrected chi connectivity index (χ4v) is 13.9. The van der Waals surface area contributed by atoms with Gasteiger partial charge in [0.15, 0.2) is 18.0 Å². The quantitative estimate of drug-likeness (QED) is 0.0327. The average Bonchev–Trinajstić information content (AvgIpc) is 1.04. The predicted molar refractivity (Wildman–Crippen MR) is 441 cm³/mol. The number of primary amides is 2. The van der Waals surface area contributed by atoms with E-state index >= 15 is 0 Å². The largest absolute Gasteiger partial charge is 0.492 e. The molecule has 3 heterocycles. The topological polar surface area (TPSA) is 371 Å². The number of Topliss-reactive ketones (excluding diaryl/α,β-unsaturated/α-hetero) is 2. The Hall–Kier alpha value is -7.96. The molecule has 3 aliphatic heterocycles. The molecule has 624 valence electrons. The molecule has 30 heteroatoms. The number of aliphatic hydroxyl groups excluding tert-OH is 2. The predicted octanol–water partition coefficient (Wildman–Crippen LogP) is 10.5. The molecule has 4 bridgehead atoms. The summed E-state index contributed by atoms with van der Waals surface area (Å²) in [6.07, 6.45) is 9.80. The summed E-state index contributed by atoms with van der Waals surface area (Å²) in [6.45, 7) is 19.7. The smallest absolute Gasteiger partial charge is 0.405 e. The van der Waals surface area contributed by atoms with E-state index in [2.05, 4.69) is 37.9 Å². The third-order valence-electron chi connectivity index (χ3n) is 19.3. The summed E-state index contributed by atoms with van der Waals surface area (Å²) in [4.78, 5) is 108. The number of nitrogens with zero attached hydrogens (tertiary/aromatic N) is 2. The number of ether oxygens (including phenoxy) is 8. The van der Waals surface area contributed by atoms with Gasteiger partial charge in [-0.05, 0) is 125 Å². The molecule has 1 saturated heterocycles. The number of amides is 4. The van der Waals surface area contributed by atoms with Crippen LogP contribution < -0.4 is 43.0 Å². The molecule has 12 atom stereocenters. The molecular formula is C83H116Cl4N8O18. The number of carbonyl (C=O) groups excluding carboxylic acids is 8. The van der Waals surface area contributed by atoms with Crippen molar-refractivity contribution in [1.29, 1.82) is 0 Å². The fourth-order valence-electron chi connectivity index (χ4n) is 13.1. The van der Waals surface area contributed by atoms with Gasteiger partial charge in [-0.2, -0.15) is 0 Å². The number of alkyl halides is 4. The molecule has 1 fully saturated rings. The summed E-state index contributed by atoms with van der Waals surface area (Å²) in [6, 6.07) is 15.9. The minimum Gasteiger partial charge on any atom is -0.492 e. The van der Waals surface area contributed by atoms with Crippen molar-refractivity contribution in [3.8, 4) is 0 Å². The van der Waals surface area contributed by atoms with Gasteiger partial charge in [0.1, 0.15) is 12.2 Å². The first-order valence-corrected chi connectivity index (χ1v) is 39.7. The molecule has 0 saturated carbocycles. The molecule has 0 spiro atoms. The summed E-state index contributed by atoms with van der Waals surface area (Å²) in [7, 11) is 7.14. The first kappa shape index (κ1) is 97.4. The lowest BCUT2D eigenvalue weighted by molar-refractivity contribution is -0.121. The van der Waals surface area contributed by atoms with Gasteiger partial charge in [-0.1, -0.05) is 101 Å². The first-order valence-electron chi connectivity index (χ1n) is 37.5. The van der Waals surface area contributed by atoms with E-state index < -0.39 is 108 Å². The number of fused-ring (bicyclic) bond motifs is 4. The number of anilines is 2. The molecule has 11 N–H and O–H groups in total. The van der Waals surface area contributed by atoms with Gasteiger partial charge < -0.3 is 91.1 Å². The Balaban J connectivity index is 0.000000389. The summed E-state index contributed by atoms with van der Waals surface area (Å²) in [5.74, 6) is -2.52. The highest BCUT2D eigenvalue weighted by Gasteiger charge is 2.37. The maximum absolute atomic E-state index is 14.0. The van der Waals surface area contributed by atoms with E-state index in [9.17, 15) is 48.6 Å². The second-order valence-electron chi connectivity index (χ2n) is 28.0. The van der Waals surface area contributed by atoms with Gasteiger partial charge in [0, 0.05) is 162 Å². The van der Waals surface area contributed by atoms with Gasteiger partial charge in [-0.25, -0.2) is 9.59 Å². The van der Waals surface area contributed by atoms with Crippen molar-refractivity contribution >= 4 is 105 Å². The van der Waals surface area contributed by atoms with E-state index in [1.165, 1.54) is 67.5 Å². The number of nitrogens with one attached hydrogen (secondary N) is 3. The van der Waals surface area contributed by atoms with Crippen LogP contribution in [0.15, 0.2) is 166 Å². The summed E-state index contributed by atoms with van der Waals surface area (Å²) < 4.78 is 43.4. The van der Waals surface area contributed by atoms with Gasteiger partial charge in [-0.3, -0.25) is 28.8 Å². The molecule has 2 aromatic carbocycles. The number of halogens is 4. The number of carbonyl (C=O) groups is 8. The van der Waals surface area contributed by atoms with Crippen molar-refractivity contribution in [2.24, 2.45) is 40.9 Å². The van der Waals surface area contributed by atoms with Crippen LogP contribution in [0, 0.1) is 23.7 Å². The Labute approximate surface area is 685 Å². The second kappa shape index (κ2) is 51.1. The van der Waals surface area contributed by atoms with Crippen molar-refractivity contribution in [2.75, 3.05) is 108 Å². The third kappa shape index (κ3) is 31.3. The van der Waals surface area contributed by atoms with E-state index in [1.54, 1.807) is 71.1 Å².